The number of carbonyl (C=O) groups excluding carboxylic acids is 3. The predicted molar refractivity (Wildman–Crippen MR) is 159 cm³/mol. The van der Waals surface area contributed by atoms with Gasteiger partial charge in [-0.05, 0) is 31.2 Å². The van der Waals surface area contributed by atoms with Crippen molar-refractivity contribution in [2.75, 3.05) is 19.7 Å². The van der Waals surface area contributed by atoms with Gasteiger partial charge < -0.3 is 24.5 Å². The number of aliphatic hydroxyl groups excluding tert-OH is 1. The number of benzene rings is 1. The summed E-state index contributed by atoms with van der Waals surface area (Å²) in [6.07, 6.45) is 13.8. The van der Waals surface area contributed by atoms with Crippen LogP contribution in [0, 0.1) is 17.8 Å². The molecule has 42 heavy (non-hydrogen) atoms. The molecule has 5 aliphatic rings. The van der Waals surface area contributed by atoms with Gasteiger partial charge in [-0.25, -0.2) is 0 Å². The van der Waals surface area contributed by atoms with E-state index in [9.17, 15) is 19.5 Å². The van der Waals surface area contributed by atoms with Gasteiger partial charge in [-0.15, -0.1) is 0 Å². The molecule has 8 nitrogen and oxygen atoms in total. The van der Waals surface area contributed by atoms with Crippen molar-refractivity contribution in [2.45, 2.75) is 95.2 Å². The van der Waals surface area contributed by atoms with Crippen LogP contribution in [0.2, 0.25) is 0 Å². The first-order valence-corrected chi connectivity index (χ1v) is 15.9. The van der Waals surface area contributed by atoms with Gasteiger partial charge in [0.2, 0.25) is 17.7 Å². The third kappa shape index (κ3) is 4.53. The zero-order chi connectivity index (χ0) is 29.6. The number of aliphatic hydroxyl groups is 1. The maximum Gasteiger partial charge on any atom is 0.249 e. The Labute approximate surface area is 249 Å². The van der Waals surface area contributed by atoms with E-state index in [1.807, 2.05) is 80.3 Å². The molecule has 4 aliphatic heterocycles. The summed E-state index contributed by atoms with van der Waals surface area (Å²) in [6, 6.07) is 8.49. The van der Waals surface area contributed by atoms with E-state index >= 15 is 0 Å². The lowest BCUT2D eigenvalue weighted by molar-refractivity contribution is -0.158. The lowest BCUT2D eigenvalue weighted by Gasteiger charge is -2.43. The third-order valence-corrected chi connectivity index (χ3v) is 10.7. The van der Waals surface area contributed by atoms with Crippen molar-refractivity contribution in [2.24, 2.45) is 17.8 Å². The molecule has 1 N–H and O–H groups in total. The van der Waals surface area contributed by atoms with Gasteiger partial charge in [-0.2, -0.15) is 0 Å². The third-order valence-electron chi connectivity index (χ3n) is 10.7. The minimum Gasteiger partial charge on any atom is -0.394 e. The first-order chi connectivity index (χ1) is 20.3. The summed E-state index contributed by atoms with van der Waals surface area (Å²) in [7, 11) is 0. The number of rotatable bonds is 7. The van der Waals surface area contributed by atoms with Crippen LogP contribution in [0.15, 0.2) is 54.6 Å². The Balaban J connectivity index is 1.45. The molecule has 1 saturated carbocycles. The lowest BCUT2D eigenvalue weighted by Crippen LogP contribution is -2.61. The van der Waals surface area contributed by atoms with Gasteiger partial charge in [-0.1, -0.05) is 94.2 Å². The van der Waals surface area contributed by atoms with Crippen LogP contribution in [-0.4, -0.2) is 86.6 Å². The van der Waals surface area contributed by atoms with Gasteiger partial charge in [0.15, 0.2) is 0 Å². The molecule has 7 atom stereocenters. The van der Waals surface area contributed by atoms with E-state index in [-0.39, 0.29) is 36.3 Å². The van der Waals surface area contributed by atoms with E-state index in [1.165, 1.54) is 6.42 Å². The number of ether oxygens (including phenoxy) is 1. The average Bonchev–Trinajstić information content (AvgIpc) is 3.27. The van der Waals surface area contributed by atoms with Gasteiger partial charge in [0.1, 0.15) is 11.6 Å². The second-order valence-corrected chi connectivity index (χ2v) is 13.2. The first kappa shape index (κ1) is 29.1. The maximum absolute atomic E-state index is 14.8. The first-order valence-electron chi connectivity index (χ1n) is 15.9. The summed E-state index contributed by atoms with van der Waals surface area (Å²) in [5.41, 5.74) is -1.34. The Hall–Kier alpha value is -2.97. The van der Waals surface area contributed by atoms with E-state index in [0.29, 0.717) is 19.6 Å². The SMILES string of the molecule is CC[C@H](C)[C@H](CO)N1C(=O)[C@@H]2[C@H]3C(=O)N(Cc4ccccc4)CC=C[C@@]3(C)O[C@@]23C=CCN(C2CCCCC2)C(=O)C13. The number of hydrogen-bond acceptors (Lipinski definition) is 5. The quantitative estimate of drug-likeness (QED) is 0.501. The molecule has 1 spiro atoms. The van der Waals surface area contributed by atoms with Crippen LogP contribution in [0.3, 0.4) is 0 Å². The Morgan fingerprint density at radius 1 is 0.952 bits per heavy atom. The number of amides is 3. The highest BCUT2D eigenvalue weighted by molar-refractivity contribution is 6.00. The Morgan fingerprint density at radius 3 is 2.36 bits per heavy atom. The topological polar surface area (TPSA) is 90.4 Å². The molecule has 1 unspecified atom stereocenters. The minimum atomic E-state index is -1.30. The second kappa shape index (κ2) is 11.3. The summed E-state index contributed by atoms with van der Waals surface area (Å²) in [5, 5.41) is 10.7. The standard InChI is InChI=1S/C34H45N3O5/c1-4-23(2)26(22-38)37-29-32(41)36(25-15-9-6-10-16-25)20-12-18-34(29)28(31(37)40)27-30(39)35(19-11-17-33(27,3)42-34)21-24-13-7-5-8-14-24/h5,7-8,11-14,17-18,23,25-29,38H,4,6,9-10,15-16,19-22H2,1-3H3/t23-,26-,27-,28-,29?,33+,34-/m0/s1. The molecule has 0 radical (unpaired) electrons. The molecule has 3 fully saturated rings. The maximum atomic E-state index is 14.8. The molecular formula is C34H45N3O5. The Kier molecular flexibility index (Phi) is 7.81. The molecule has 226 valence electrons. The molecule has 3 amide bonds. The summed E-state index contributed by atoms with van der Waals surface area (Å²) in [4.78, 5) is 49.4. The van der Waals surface area contributed by atoms with Crippen LogP contribution in [0.25, 0.3) is 0 Å². The summed E-state index contributed by atoms with van der Waals surface area (Å²) >= 11 is 0. The fourth-order valence-electron chi connectivity index (χ4n) is 8.37. The molecule has 8 heteroatoms. The lowest BCUT2D eigenvalue weighted by atomic mass is 9.74. The van der Waals surface area contributed by atoms with Crippen LogP contribution in [-0.2, 0) is 25.7 Å². The monoisotopic (exact) mass is 575 g/mol. The molecule has 1 aromatic carbocycles. The van der Waals surface area contributed by atoms with Crippen molar-refractivity contribution in [1.82, 2.24) is 14.7 Å². The number of likely N-dealkylation sites (tertiary alicyclic amines) is 1. The molecule has 6 rings (SSSR count). The van der Waals surface area contributed by atoms with Crippen molar-refractivity contribution >= 4 is 17.7 Å². The number of fused-ring (bicyclic) bond motifs is 2. The van der Waals surface area contributed by atoms with E-state index in [2.05, 4.69) is 0 Å². The predicted octanol–water partition coefficient (Wildman–Crippen LogP) is 3.69. The van der Waals surface area contributed by atoms with Gasteiger partial charge in [-0.3, -0.25) is 14.4 Å². The average molecular weight is 576 g/mol. The van der Waals surface area contributed by atoms with Crippen LogP contribution in [0.4, 0.5) is 0 Å². The molecule has 1 aliphatic carbocycles. The van der Waals surface area contributed by atoms with Crippen molar-refractivity contribution < 1.29 is 24.2 Å². The van der Waals surface area contributed by atoms with Crippen molar-refractivity contribution in [1.29, 1.82) is 0 Å². The van der Waals surface area contributed by atoms with Gasteiger partial charge >= 0.3 is 0 Å². The zero-order valence-corrected chi connectivity index (χ0v) is 25.2. The molecule has 4 heterocycles. The highest BCUT2D eigenvalue weighted by atomic mass is 16.5. The smallest absolute Gasteiger partial charge is 0.249 e. The fraction of sp³-hybridized carbons (Fsp3) is 0.618. The Bertz CT molecular complexity index is 1260. The van der Waals surface area contributed by atoms with Crippen molar-refractivity contribution in [3.8, 4) is 0 Å². The number of hydrogen-bond donors (Lipinski definition) is 1. The molecule has 2 saturated heterocycles. The Morgan fingerprint density at radius 2 is 1.67 bits per heavy atom. The summed E-state index contributed by atoms with van der Waals surface area (Å²) in [5.74, 6) is -2.23. The molecule has 0 bridgehead atoms. The van der Waals surface area contributed by atoms with E-state index < -0.39 is 35.1 Å². The van der Waals surface area contributed by atoms with E-state index in [0.717, 1.165) is 37.7 Å². The number of carbonyl (C=O) groups is 3. The van der Waals surface area contributed by atoms with Crippen LogP contribution in [0.5, 0.6) is 0 Å². The highest BCUT2D eigenvalue weighted by Gasteiger charge is 2.75. The zero-order valence-electron chi connectivity index (χ0n) is 25.2. The second-order valence-electron chi connectivity index (χ2n) is 13.2. The molecular weight excluding hydrogens is 530 g/mol. The van der Waals surface area contributed by atoms with Crippen LogP contribution in [0.1, 0.15) is 64.9 Å². The van der Waals surface area contributed by atoms with Gasteiger partial charge in [0.05, 0.1) is 30.1 Å². The highest BCUT2D eigenvalue weighted by Crippen LogP contribution is 2.58. The van der Waals surface area contributed by atoms with E-state index in [1.54, 1.807) is 9.80 Å². The van der Waals surface area contributed by atoms with Crippen LogP contribution < -0.4 is 0 Å². The van der Waals surface area contributed by atoms with Crippen LogP contribution >= 0.6 is 0 Å². The largest absolute Gasteiger partial charge is 0.394 e. The summed E-state index contributed by atoms with van der Waals surface area (Å²) in [6.45, 7) is 6.97. The van der Waals surface area contributed by atoms with Crippen molar-refractivity contribution in [3.63, 3.8) is 0 Å². The summed E-state index contributed by atoms with van der Waals surface area (Å²) < 4.78 is 7.00. The normalized spacial score (nSPS) is 34.6. The van der Waals surface area contributed by atoms with Crippen molar-refractivity contribution in [3.05, 3.63) is 60.2 Å². The fourth-order valence-corrected chi connectivity index (χ4v) is 8.37. The number of nitrogens with zero attached hydrogens (tertiary/aromatic N) is 3. The molecule has 0 aromatic heterocycles. The minimum absolute atomic E-state index is 0.0383. The van der Waals surface area contributed by atoms with Gasteiger partial charge in [0.25, 0.3) is 0 Å². The van der Waals surface area contributed by atoms with Gasteiger partial charge in [0, 0.05) is 25.7 Å². The van der Waals surface area contributed by atoms with E-state index in [4.69, 9.17) is 4.74 Å². The molecule has 1 aromatic rings.